The number of amides is 1. The minimum atomic E-state index is -0.897. The third-order valence-electron chi connectivity index (χ3n) is 2.27. The summed E-state index contributed by atoms with van der Waals surface area (Å²) in [6.45, 7) is 0.272. The van der Waals surface area contributed by atoms with E-state index >= 15 is 0 Å². The number of aromatic nitrogens is 1. The zero-order valence-electron chi connectivity index (χ0n) is 9.47. The molecule has 6 heteroatoms. The number of aliphatic carboxylic acids is 1. The molecule has 2 N–H and O–H groups in total. The number of carboxylic acid groups (broad SMARTS) is 1. The van der Waals surface area contributed by atoms with E-state index in [1.54, 1.807) is 0 Å². The molecular weight excluding hydrogens is 224 g/mol. The molecule has 0 unspecified atom stereocenters. The third kappa shape index (κ3) is 3.75. The highest BCUT2D eigenvalue weighted by molar-refractivity contribution is 5.92. The van der Waals surface area contributed by atoms with Gasteiger partial charge in [-0.25, -0.2) is 0 Å². The summed E-state index contributed by atoms with van der Waals surface area (Å²) in [6.07, 6.45) is 0.371. The van der Waals surface area contributed by atoms with Crippen LogP contribution in [-0.4, -0.2) is 28.1 Å². The van der Waals surface area contributed by atoms with E-state index in [4.69, 9.17) is 5.11 Å². The van der Waals surface area contributed by atoms with Crippen LogP contribution < -0.4 is 10.9 Å². The fourth-order valence-corrected chi connectivity index (χ4v) is 1.32. The van der Waals surface area contributed by atoms with Crippen molar-refractivity contribution in [2.75, 3.05) is 6.54 Å². The maximum atomic E-state index is 11.6. The number of nitrogens with one attached hydrogen (secondary N) is 1. The van der Waals surface area contributed by atoms with Gasteiger partial charge < -0.3 is 15.0 Å². The Morgan fingerprint density at radius 3 is 2.76 bits per heavy atom. The molecule has 1 rings (SSSR count). The molecule has 1 aromatic heterocycles. The molecule has 6 nitrogen and oxygen atoms in total. The third-order valence-corrected chi connectivity index (χ3v) is 2.27. The first-order valence-corrected chi connectivity index (χ1v) is 5.18. The van der Waals surface area contributed by atoms with Crippen LogP contribution in [0.15, 0.2) is 23.0 Å². The predicted octanol–water partition coefficient (Wildman–Crippen LogP) is -0.0201. The average molecular weight is 238 g/mol. The highest BCUT2D eigenvalue weighted by Crippen LogP contribution is 1.94. The summed E-state index contributed by atoms with van der Waals surface area (Å²) in [5.74, 6) is -1.28. The second-order valence-electron chi connectivity index (χ2n) is 3.56. The van der Waals surface area contributed by atoms with Gasteiger partial charge in [0, 0.05) is 26.1 Å². The average Bonchev–Trinajstić information content (AvgIpc) is 2.27. The fraction of sp³-hybridized carbons (Fsp3) is 0.364. The Kier molecular flexibility index (Phi) is 4.45. The van der Waals surface area contributed by atoms with Crippen molar-refractivity contribution in [3.63, 3.8) is 0 Å². The van der Waals surface area contributed by atoms with Crippen LogP contribution in [0.3, 0.4) is 0 Å². The molecule has 0 saturated carbocycles. The van der Waals surface area contributed by atoms with Crippen molar-refractivity contribution in [3.8, 4) is 0 Å². The summed E-state index contributed by atoms with van der Waals surface area (Å²) < 4.78 is 1.24. The van der Waals surface area contributed by atoms with Gasteiger partial charge in [-0.15, -0.1) is 0 Å². The quantitative estimate of drug-likeness (QED) is 0.705. The van der Waals surface area contributed by atoms with Crippen molar-refractivity contribution in [1.82, 2.24) is 9.88 Å². The highest BCUT2D eigenvalue weighted by Gasteiger charge is 2.08. The van der Waals surface area contributed by atoms with Crippen LogP contribution in [0.4, 0.5) is 0 Å². The first-order valence-electron chi connectivity index (χ1n) is 5.18. The summed E-state index contributed by atoms with van der Waals surface area (Å²) in [6, 6.07) is 4.41. The van der Waals surface area contributed by atoms with Crippen LogP contribution in [0, 0.1) is 0 Å². The summed E-state index contributed by atoms with van der Waals surface area (Å²) in [4.78, 5) is 33.2. The molecule has 17 heavy (non-hydrogen) atoms. The van der Waals surface area contributed by atoms with Crippen LogP contribution in [0.5, 0.6) is 0 Å². The Bertz CT molecular complexity index is 479. The van der Waals surface area contributed by atoms with Crippen LogP contribution in [-0.2, 0) is 11.8 Å². The van der Waals surface area contributed by atoms with E-state index in [0.717, 1.165) is 0 Å². The standard InChI is InChI=1S/C11H14N2O4/c1-13-8(4-2-5-9(13)14)11(17)12-7-3-6-10(15)16/h2,4-5H,3,6-7H2,1H3,(H,12,17)(H,15,16). The van der Waals surface area contributed by atoms with Gasteiger partial charge in [-0.3, -0.25) is 14.4 Å². The van der Waals surface area contributed by atoms with Gasteiger partial charge in [-0.1, -0.05) is 6.07 Å². The van der Waals surface area contributed by atoms with Crippen molar-refractivity contribution in [1.29, 1.82) is 0 Å². The molecule has 0 fully saturated rings. The number of rotatable bonds is 5. The zero-order valence-corrected chi connectivity index (χ0v) is 9.47. The van der Waals surface area contributed by atoms with E-state index in [-0.39, 0.29) is 30.1 Å². The number of nitrogens with zero attached hydrogens (tertiary/aromatic N) is 1. The second kappa shape index (κ2) is 5.83. The molecule has 0 aliphatic heterocycles. The monoisotopic (exact) mass is 238 g/mol. The number of pyridine rings is 1. The van der Waals surface area contributed by atoms with Crippen molar-refractivity contribution in [2.45, 2.75) is 12.8 Å². The summed E-state index contributed by atoms with van der Waals surface area (Å²) in [5, 5.41) is 11.0. The molecule has 0 aromatic carbocycles. The summed E-state index contributed by atoms with van der Waals surface area (Å²) in [5.41, 5.74) is -0.00369. The van der Waals surface area contributed by atoms with E-state index in [0.29, 0.717) is 6.42 Å². The van der Waals surface area contributed by atoms with Gasteiger partial charge in [0.1, 0.15) is 5.69 Å². The van der Waals surface area contributed by atoms with Gasteiger partial charge in [0.15, 0.2) is 0 Å². The molecule has 0 bridgehead atoms. The SMILES string of the molecule is Cn1c(C(=O)NCCCC(=O)O)cccc1=O. The van der Waals surface area contributed by atoms with E-state index in [2.05, 4.69) is 5.32 Å². The topological polar surface area (TPSA) is 88.4 Å². The van der Waals surface area contributed by atoms with E-state index in [1.807, 2.05) is 0 Å². The van der Waals surface area contributed by atoms with Crippen molar-refractivity contribution in [2.24, 2.45) is 7.05 Å². The summed E-state index contributed by atoms with van der Waals surface area (Å²) >= 11 is 0. The van der Waals surface area contributed by atoms with Crippen LogP contribution >= 0.6 is 0 Å². The van der Waals surface area contributed by atoms with Crippen LogP contribution in [0.25, 0.3) is 0 Å². The molecule has 1 heterocycles. The number of hydrogen-bond acceptors (Lipinski definition) is 3. The lowest BCUT2D eigenvalue weighted by Crippen LogP contribution is -2.31. The van der Waals surface area contributed by atoms with Gasteiger partial charge in [0.05, 0.1) is 0 Å². The lowest BCUT2D eigenvalue weighted by molar-refractivity contribution is -0.137. The van der Waals surface area contributed by atoms with E-state index in [9.17, 15) is 14.4 Å². The molecule has 0 spiro atoms. The first kappa shape index (κ1) is 13.0. The van der Waals surface area contributed by atoms with Gasteiger partial charge in [-0.2, -0.15) is 0 Å². The van der Waals surface area contributed by atoms with E-state index in [1.165, 1.54) is 29.8 Å². The fourth-order valence-electron chi connectivity index (χ4n) is 1.32. The molecule has 0 aliphatic rings. The maximum Gasteiger partial charge on any atom is 0.303 e. The maximum absolute atomic E-state index is 11.6. The Hall–Kier alpha value is -2.11. The van der Waals surface area contributed by atoms with Crippen molar-refractivity contribution < 1.29 is 14.7 Å². The van der Waals surface area contributed by atoms with Gasteiger partial charge in [-0.05, 0) is 12.5 Å². The minimum absolute atomic E-state index is 0.00794. The predicted molar refractivity (Wildman–Crippen MR) is 60.9 cm³/mol. The largest absolute Gasteiger partial charge is 0.481 e. The molecule has 1 aromatic rings. The Morgan fingerprint density at radius 2 is 2.12 bits per heavy atom. The number of carbonyl (C=O) groups excluding carboxylic acids is 1. The molecule has 1 amide bonds. The van der Waals surface area contributed by atoms with Crippen molar-refractivity contribution >= 4 is 11.9 Å². The van der Waals surface area contributed by atoms with Gasteiger partial charge in [0.25, 0.3) is 11.5 Å². The first-order chi connectivity index (χ1) is 8.02. The second-order valence-corrected chi connectivity index (χ2v) is 3.56. The Labute approximate surface area is 97.9 Å². The Balaban J connectivity index is 2.56. The highest BCUT2D eigenvalue weighted by atomic mass is 16.4. The van der Waals surface area contributed by atoms with Crippen LogP contribution in [0.1, 0.15) is 23.3 Å². The molecule has 0 atom stereocenters. The van der Waals surface area contributed by atoms with Gasteiger partial charge in [0.2, 0.25) is 0 Å². The normalized spacial score (nSPS) is 9.94. The Morgan fingerprint density at radius 1 is 1.41 bits per heavy atom. The zero-order chi connectivity index (χ0) is 12.8. The minimum Gasteiger partial charge on any atom is -0.481 e. The smallest absolute Gasteiger partial charge is 0.303 e. The molecule has 92 valence electrons. The van der Waals surface area contributed by atoms with Crippen LogP contribution in [0.2, 0.25) is 0 Å². The molecule has 0 saturated heterocycles. The molecule has 0 aliphatic carbocycles. The van der Waals surface area contributed by atoms with Crippen molar-refractivity contribution in [3.05, 3.63) is 34.2 Å². The lowest BCUT2D eigenvalue weighted by atomic mass is 10.3. The lowest BCUT2D eigenvalue weighted by Gasteiger charge is -2.07. The molecule has 0 radical (unpaired) electrons. The van der Waals surface area contributed by atoms with E-state index < -0.39 is 5.97 Å². The van der Waals surface area contributed by atoms with Gasteiger partial charge >= 0.3 is 5.97 Å². The summed E-state index contributed by atoms with van der Waals surface area (Å²) in [7, 11) is 1.51. The number of hydrogen-bond donors (Lipinski definition) is 2. The number of carbonyl (C=O) groups is 2. The number of carboxylic acids is 1. The molecular formula is C11H14N2O4.